The molecule has 9 heteroatoms. The van der Waals surface area contributed by atoms with Gasteiger partial charge in [-0.05, 0) is 45.4 Å². The van der Waals surface area contributed by atoms with Gasteiger partial charge in [0.05, 0.1) is 23.8 Å². The Bertz CT molecular complexity index is 1020. The van der Waals surface area contributed by atoms with E-state index < -0.39 is 11.7 Å². The molecular weight excluding hydrogens is 399 g/mol. The second-order valence-electron chi connectivity index (χ2n) is 8.78. The molecule has 4 heterocycles. The Kier molecular flexibility index (Phi) is 4.92. The largest absolute Gasteiger partial charge is 0.321 e. The standard InChI is InChI=1S/C22H27FN6O2/c1-13-10-27-9-5-6-15(27)11-28(13)22(31)29-12-17-19(14(29)2)25-26-20(17)24-21(30)16-7-3-4-8-18(16)23/h3-4,7-8,13-15H,5-6,9-12H2,1-2H3,(H2,24,25,26,30)/t13?,14?,15-/m0/s1. The first-order chi connectivity index (χ1) is 14.9. The van der Waals surface area contributed by atoms with E-state index >= 15 is 0 Å². The number of nitrogens with zero attached hydrogens (tertiary/aromatic N) is 4. The Labute approximate surface area is 180 Å². The van der Waals surface area contributed by atoms with Gasteiger partial charge in [0.1, 0.15) is 5.82 Å². The van der Waals surface area contributed by atoms with E-state index in [0.717, 1.165) is 37.3 Å². The number of aromatic nitrogens is 2. The molecule has 5 rings (SSSR count). The van der Waals surface area contributed by atoms with Crippen molar-refractivity contribution in [1.82, 2.24) is 24.9 Å². The van der Waals surface area contributed by atoms with Gasteiger partial charge in [-0.1, -0.05) is 12.1 Å². The third-order valence-electron chi connectivity index (χ3n) is 6.89. The Balaban J connectivity index is 1.32. The van der Waals surface area contributed by atoms with Crippen molar-refractivity contribution in [3.05, 3.63) is 46.9 Å². The zero-order valence-electron chi connectivity index (χ0n) is 17.8. The predicted octanol–water partition coefficient (Wildman–Crippen LogP) is 2.97. The summed E-state index contributed by atoms with van der Waals surface area (Å²) in [5.74, 6) is -0.799. The van der Waals surface area contributed by atoms with Gasteiger partial charge in [0.15, 0.2) is 5.82 Å². The summed E-state index contributed by atoms with van der Waals surface area (Å²) < 4.78 is 14.0. The highest BCUT2D eigenvalue weighted by molar-refractivity contribution is 6.04. The van der Waals surface area contributed by atoms with E-state index in [9.17, 15) is 14.0 Å². The van der Waals surface area contributed by atoms with E-state index in [1.165, 1.54) is 24.6 Å². The molecular formula is C22H27FN6O2. The van der Waals surface area contributed by atoms with Crippen LogP contribution in [0.4, 0.5) is 15.0 Å². The average Bonchev–Trinajstić information content (AvgIpc) is 3.44. The van der Waals surface area contributed by atoms with Gasteiger partial charge >= 0.3 is 6.03 Å². The molecule has 0 saturated carbocycles. The van der Waals surface area contributed by atoms with Crippen LogP contribution in [0.3, 0.4) is 0 Å². The third-order valence-corrected chi connectivity index (χ3v) is 6.89. The van der Waals surface area contributed by atoms with E-state index in [1.807, 2.05) is 16.7 Å². The van der Waals surface area contributed by atoms with Crippen LogP contribution in [0.2, 0.25) is 0 Å². The zero-order valence-corrected chi connectivity index (χ0v) is 17.8. The fraction of sp³-hybridized carbons (Fsp3) is 0.500. The summed E-state index contributed by atoms with van der Waals surface area (Å²) in [6.07, 6.45) is 2.34. The van der Waals surface area contributed by atoms with Gasteiger partial charge in [0.2, 0.25) is 0 Å². The topological polar surface area (TPSA) is 84.6 Å². The number of halogens is 1. The maximum absolute atomic E-state index is 14.0. The highest BCUT2D eigenvalue weighted by Crippen LogP contribution is 2.37. The Hall–Kier alpha value is -2.94. The third kappa shape index (κ3) is 3.37. The number of amides is 3. The number of piperazine rings is 1. The van der Waals surface area contributed by atoms with E-state index in [-0.39, 0.29) is 23.7 Å². The highest BCUT2D eigenvalue weighted by atomic mass is 19.1. The van der Waals surface area contributed by atoms with Gasteiger partial charge in [-0.15, -0.1) is 0 Å². The minimum Gasteiger partial charge on any atom is -0.319 e. The summed E-state index contributed by atoms with van der Waals surface area (Å²) in [5, 5.41) is 9.87. The van der Waals surface area contributed by atoms with Gasteiger partial charge in [-0.2, -0.15) is 5.10 Å². The van der Waals surface area contributed by atoms with E-state index in [4.69, 9.17) is 0 Å². The molecule has 2 aromatic rings. The number of anilines is 1. The Morgan fingerprint density at radius 3 is 2.81 bits per heavy atom. The van der Waals surface area contributed by atoms with Crippen LogP contribution >= 0.6 is 0 Å². The first-order valence-electron chi connectivity index (χ1n) is 10.9. The summed E-state index contributed by atoms with van der Waals surface area (Å²) in [5.41, 5.74) is 1.54. The Morgan fingerprint density at radius 2 is 2.00 bits per heavy atom. The maximum Gasteiger partial charge on any atom is 0.321 e. The van der Waals surface area contributed by atoms with Crippen LogP contribution in [-0.2, 0) is 6.54 Å². The monoisotopic (exact) mass is 426 g/mol. The number of carbonyl (C=O) groups excluding carboxylic acids is 2. The number of rotatable bonds is 2. The van der Waals surface area contributed by atoms with Crippen molar-refractivity contribution in [1.29, 1.82) is 0 Å². The van der Waals surface area contributed by atoms with E-state index in [1.54, 1.807) is 6.07 Å². The molecule has 2 N–H and O–H groups in total. The molecule has 0 spiro atoms. The van der Waals surface area contributed by atoms with Crippen LogP contribution in [0, 0.1) is 5.82 Å². The van der Waals surface area contributed by atoms with Crippen LogP contribution in [0.25, 0.3) is 0 Å². The van der Waals surface area contributed by atoms with E-state index in [2.05, 4.69) is 27.3 Å². The molecule has 3 amide bonds. The molecule has 0 radical (unpaired) electrons. The quantitative estimate of drug-likeness (QED) is 0.773. The molecule has 0 bridgehead atoms. The lowest BCUT2D eigenvalue weighted by atomic mass is 10.1. The summed E-state index contributed by atoms with van der Waals surface area (Å²) in [6, 6.07) is 6.28. The predicted molar refractivity (Wildman–Crippen MR) is 113 cm³/mol. The minimum atomic E-state index is -0.586. The van der Waals surface area contributed by atoms with Crippen LogP contribution in [-0.4, -0.2) is 68.6 Å². The molecule has 1 aromatic carbocycles. The van der Waals surface area contributed by atoms with Crippen molar-refractivity contribution in [3.63, 3.8) is 0 Å². The number of H-pyrrole nitrogens is 1. The van der Waals surface area contributed by atoms with Crippen molar-refractivity contribution in [2.24, 2.45) is 0 Å². The number of fused-ring (bicyclic) bond motifs is 2. The average molecular weight is 426 g/mol. The van der Waals surface area contributed by atoms with Crippen molar-refractivity contribution in [2.45, 2.75) is 51.4 Å². The van der Waals surface area contributed by atoms with E-state index in [0.29, 0.717) is 18.4 Å². The van der Waals surface area contributed by atoms with Crippen molar-refractivity contribution in [3.8, 4) is 0 Å². The molecule has 3 aliphatic rings. The van der Waals surface area contributed by atoms with Crippen LogP contribution in [0.1, 0.15) is 54.3 Å². The second kappa shape index (κ2) is 7.64. The first kappa shape index (κ1) is 20.0. The number of hydrogen-bond acceptors (Lipinski definition) is 4. The van der Waals surface area contributed by atoms with Crippen molar-refractivity contribution in [2.75, 3.05) is 25.0 Å². The summed E-state index contributed by atoms with van der Waals surface area (Å²) >= 11 is 0. The first-order valence-corrected chi connectivity index (χ1v) is 10.9. The van der Waals surface area contributed by atoms with Gasteiger partial charge in [0.25, 0.3) is 5.91 Å². The fourth-order valence-corrected chi connectivity index (χ4v) is 5.12. The molecule has 2 saturated heterocycles. The summed E-state index contributed by atoms with van der Waals surface area (Å²) in [6.45, 7) is 7.21. The number of benzene rings is 1. The molecule has 2 unspecified atom stereocenters. The van der Waals surface area contributed by atoms with Gasteiger partial charge in [-0.25, -0.2) is 9.18 Å². The molecule has 3 aliphatic heterocycles. The van der Waals surface area contributed by atoms with Gasteiger partial charge in [0, 0.05) is 30.7 Å². The molecule has 2 fully saturated rings. The highest BCUT2D eigenvalue weighted by Gasteiger charge is 2.42. The molecule has 1 aromatic heterocycles. The molecule has 0 aliphatic carbocycles. The molecule has 164 valence electrons. The minimum absolute atomic E-state index is 0.0162. The number of aromatic amines is 1. The summed E-state index contributed by atoms with van der Waals surface area (Å²) in [4.78, 5) is 32.3. The lowest BCUT2D eigenvalue weighted by molar-refractivity contribution is 0.0580. The van der Waals surface area contributed by atoms with Gasteiger partial charge < -0.3 is 15.1 Å². The number of nitrogens with one attached hydrogen (secondary N) is 2. The van der Waals surface area contributed by atoms with Crippen molar-refractivity contribution >= 4 is 17.8 Å². The number of urea groups is 1. The van der Waals surface area contributed by atoms with Crippen molar-refractivity contribution < 1.29 is 14.0 Å². The SMILES string of the molecule is CC1CN2CCC[C@H]2CN1C(=O)N1Cc2c(NC(=O)c3ccccc3F)n[nH]c2C1C. The lowest BCUT2D eigenvalue weighted by Gasteiger charge is -2.44. The maximum atomic E-state index is 14.0. The second-order valence-corrected chi connectivity index (χ2v) is 8.78. The number of hydrogen-bond donors (Lipinski definition) is 2. The molecule has 31 heavy (non-hydrogen) atoms. The van der Waals surface area contributed by atoms with Crippen LogP contribution in [0.5, 0.6) is 0 Å². The molecule has 8 nitrogen and oxygen atoms in total. The fourth-order valence-electron chi connectivity index (χ4n) is 5.12. The van der Waals surface area contributed by atoms with Crippen LogP contribution < -0.4 is 5.32 Å². The molecule has 3 atom stereocenters. The van der Waals surface area contributed by atoms with Gasteiger partial charge in [-0.3, -0.25) is 14.8 Å². The Morgan fingerprint density at radius 1 is 1.19 bits per heavy atom. The zero-order chi connectivity index (χ0) is 21.7. The lowest BCUT2D eigenvalue weighted by Crippen LogP contribution is -2.59. The number of carbonyl (C=O) groups is 2. The normalized spacial score (nSPS) is 25.5. The smallest absolute Gasteiger partial charge is 0.319 e. The van der Waals surface area contributed by atoms with Crippen LogP contribution in [0.15, 0.2) is 24.3 Å². The summed E-state index contributed by atoms with van der Waals surface area (Å²) in [7, 11) is 0.